The molecule has 0 unspecified atom stereocenters. The van der Waals surface area contributed by atoms with Gasteiger partial charge in [0.05, 0.1) is 16.0 Å². The number of phenols is 2. The number of hydrogen-bond acceptors (Lipinski definition) is 8. The predicted molar refractivity (Wildman–Crippen MR) is 109 cm³/mol. The first-order valence-corrected chi connectivity index (χ1v) is 10.3. The molecule has 0 aliphatic rings. The fourth-order valence-corrected chi connectivity index (χ4v) is 3.68. The SMILES string of the molecule is O=S(=O)(O)c1cc(O)c2c(O)c(N=Nc3ccccc3)c(S(=O)(=O)O)cc2c1.[Na].[Na]. The van der Waals surface area contributed by atoms with Crippen LogP contribution in [0.1, 0.15) is 0 Å². The molecular formula is C16H12N2Na2O8S2. The van der Waals surface area contributed by atoms with E-state index in [0.29, 0.717) is 11.8 Å². The molecule has 0 heterocycles. The van der Waals surface area contributed by atoms with Gasteiger partial charge in [-0.25, -0.2) is 0 Å². The molecule has 148 valence electrons. The summed E-state index contributed by atoms with van der Waals surface area (Å²) in [7, 11) is -9.65. The molecule has 0 aromatic heterocycles. The van der Waals surface area contributed by atoms with Crippen molar-refractivity contribution in [2.75, 3.05) is 0 Å². The Labute approximate surface area is 215 Å². The summed E-state index contributed by atoms with van der Waals surface area (Å²) in [6, 6.07) is 10.4. The van der Waals surface area contributed by atoms with E-state index in [1.165, 1.54) is 0 Å². The molecule has 14 heteroatoms. The summed E-state index contributed by atoms with van der Waals surface area (Å²) in [6.07, 6.45) is 0. The Hall–Kier alpha value is -1.06. The van der Waals surface area contributed by atoms with Crippen LogP contribution in [-0.2, 0) is 20.2 Å². The van der Waals surface area contributed by atoms with E-state index in [0.717, 1.165) is 12.1 Å². The van der Waals surface area contributed by atoms with Gasteiger partial charge in [-0.1, -0.05) is 18.2 Å². The monoisotopic (exact) mass is 470 g/mol. The van der Waals surface area contributed by atoms with Crippen LogP contribution in [0.25, 0.3) is 10.8 Å². The molecule has 0 bridgehead atoms. The van der Waals surface area contributed by atoms with Gasteiger partial charge in [0.25, 0.3) is 20.2 Å². The Morgan fingerprint density at radius 1 is 0.767 bits per heavy atom. The van der Waals surface area contributed by atoms with Crippen LogP contribution in [0.15, 0.2) is 68.6 Å². The van der Waals surface area contributed by atoms with Gasteiger partial charge in [0.2, 0.25) is 0 Å². The Kier molecular flexibility index (Phi) is 9.03. The molecule has 3 aromatic carbocycles. The molecule has 4 N–H and O–H groups in total. The maximum atomic E-state index is 11.7. The molecule has 0 atom stereocenters. The van der Waals surface area contributed by atoms with Gasteiger partial charge in [0, 0.05) is 65.2 Å². The third kappa shape index (κ3) is 5.79. The number of phenolic OH excluding ortho intramolecular Hbond substituents is 2. The smallest absolute Gasteiger partial charge is 0.296 e. The van der Waals surface area contributed by atoms with Crippen LogP contribution in [0.3, 0.4) is 0 Å². The van der Waals surface area contributed by atoms with Crippen molar-refractivity contribution in [3.8, 4) is 11.5 Å². The number of aromatic hydroxyl groups is 2. The van der Waals surface area contributed by atoms with Crippen molar-refractivity contribution in [2.24, 2.45) is 10.2 Å². The van der Waals surface area contributed by atoms with Crippen LogP contribution >= 0.6 is 0 Å². The number of hydrogen-bond donors (Lipinski definition) is 4. The minimum atomic E-state index is -4.92. The predicted octanol–water partition coefficient (Wildman–Crippen LogP) is 2.40. The van der Waals surface area contributed by atoms with Gasteiger partial charge in [-0.15, -0.1) is 5.11 Å². The van der Waals surface area contributed by atoms with E-state index < -0.39 is 47.2 Å². The Morgan fingerprint density at radius 2 is 1.37 bits per heavy atom. The van der Waals surface area contributed by atoms with E-state index in [2.05, 4.69) is 10.2 Å². The molecule has 0 saturated heterocycles. The van der Waals surface area contributed by atoms with Crippen LogP contribution in [0.4, 0.5) is 11.4 Å². The summed E-state index contributed by atoms with van der Waals surface area (Å²) >= 11 is 0. The molecule has 30 heavy (non-hydrogen) atoms. The number of fused-ring (bicyclic) bond motifs is 1. The maximum absolute atomic E-state index is 11.7. The van der Waals surface area contributed by atoms with Crippen LogP contribution in [0.5, 0.6) is 11.5 Å². The second kappa shape index (κ2) is 10.0. The number of azo groups is 1. The first-order chi connectivity index (χ1) is 13.0. The molecule has 0 aliphatic carbocycles. The summed E-state index contributed by atoms with van der Waals surface area (Å²) in [5, 5.41) is 27.3. The van der Waals surface area contributed by atoms with E-state index in [9.17, 15) is 31.6 Å². The molecular weight excluding hydrogens is 458 g/mol. The van der Waals surface area contributed by atoms with Crippen molar-refractivity contribution in [3.05, 3.63) is 48.5 Å². The van der Waals surface area contributed by atoms with E-state index in [1.807, 2.05) is 0 Å². The summed E-state index contributed by atoms with van der Waals surface area (Å²) < 4.78 is 64.7. The maximum Gasteiger partial charge on any atom is 0.296 e. The number of nitrogens with zero attached hydrogens (tertiary/aromatic N) is 2. The fraction of sp³-hybridized carbons (Fsp3) is 0. The Bertz CT molecular complexity index is 1330. The Balaban J connectivity index is 0.00000225. The van der Waals surface area contributed by atoms with Crippen LogP contribution in [0, 0.1) is 0 Å². The molecule has 3 aromatic rings. The van der Waals surface area contributed by atoms with E-state index in [1.54, 1.807) is 30.3 Å². The summed E-state index contributed by atoms with van der Waals surface area (Å²) in [6.45, 7) is 0. The van der Waals surface area contributed by atoms with E-state index >= 15 is 0 Å². The minimum Gasteiger partial charge on any atom is -0.507 e. The van der Waals surface area contributed by atoms with Gasteiger partial charge >= 0.3 is 0 Å². The molecule has 0 fully saturated rings. The molecule has 0 aliphatic heterocycles. The topological polar surface area (TPSA) is 174 Å². The van der Waals surface area contributed by atoms with Gasteiger partial charge in [-0.05, 0) is 29.7 Å². The summed E-state index contributed by atoms with van der Waals surface area (Å²) in [5.74, 6) is -1.62. The van der Waals surface area contributed by atoms with Crippen molar-refractivity contribution in [2.45, 2.75) is 9.79 Å². The van der Waals surface area contributed by atoms with Crippen molar-refractivity contribution < 1.29 is 36.2 Å². The number of rotatable bonds is 4. The van der Waals surface area contributed by atoms with Crippen LogP contribution in [0.2, 0.25) is 0 Å². The fourth-order valence-electron chi connectivity index (χ4n) is 2.48. The average Bonchev–Trinajstić information content (AvgIpc) is 2.59. The van der Waals surface area contributed by atoms with Crippen molar-refractivity contribution >= 4 is 101 Å². The van der Waals surface area contributed by atoms with Gasteiger partial charge in [-0.2, -0.15) is 21.9 Å². The third-order valence-electron chi connectivity index (χ3n) is 3.70. The largest absolute Gasteiger partial charge is 0.507 e. The van der Waals surface area contributed by atoms with Gasteiger partial charge in [0.15, 0.2) is 5.75 Å². The first-order valence-electron chi connectivity index (χ1n) is 7.43. The third-order valence-corrected chi connectivity index (χ3v) is 5.40. The van der Waals surface area contributed by atoms with Crippen molar-refractivity contribution in [1.82, 2.24) is 0 Å². The summed E-state index contributed by atoms with van der Waals surface area (Å²) in [5.41, 5.74) is -0.344. The van der Waals surface area contributed by atoms with E-state index in [-0.39, 0.29) is 69.9 Å². The van der Waals surface area contributed by atoms with Crippen LogP contribution < -0.4 is 0 Å². The van der Waals surface area contributed by atoms with Gasteiger partial charge in [-0.3, -0.25) is 9.11 Å². The minimum absolute atomic E-state index is 0. The van der Waals surface area contributed by atoms with Gasteiger partial charge < -0.3 is 10.2 Å². The standard InChI is InChI=1S/C16H12N2O8S2.2Na/c19-12-8-11(27(21,22)23)6-9-7-13(28(24,25)26)15(16(20)14(9)12)18-17-10-4-2-1-3-5-10;;/h1-8,19-20H,(H,21,22,23)(H,24,25,26);;. The van der Waals surface area contributed by atoms with Crippen molar-refractivity contribution in [3.63, 3.8) is 0 Å². The first kappa shape index (κ1) is 27.0. The molecule has 2 radical (unpaired) electrons. The zero-order valence-corrected chi connectivity index (χ0v) is 21.4. The number of benzene rings is 3. The zero-order chi connectivity index (χ0) is 20.7. The zero-order valence-electron chi connectivity index (χ0n) is 15.8. The second-order valence-electron chi connectivity index (χ2n) is 5.60. The van der Waals surface area contributed by atoms with Crippen LogP contribution in [-0.4, -0.2) is 95.3 Å². The quantitative estimate of drug-likeness (QED) is 0.255. The molecule has 10 nitrogen and oxygen atoms in total. The molecule has 3 rings (SSSR count). The normalized spacial score (nSPS) is 11.8. The second-order valence-corrected chi connectivity index (χ2v) is 8.41. The van der Waals surface area contributed by atoms with Gasteiger partial charge in [0.1, 0.15) is 16.3 Å². The van der Waals surface area contributed by atoms with E-state index in [4.69, 9.17) is 4.55 Å². The molecule has 0 amide bonds. The molecule has 0 spiro atoms. The average molecular weight is 470 g/mol. The summed E-state index contributed by atoms with van der Waals surface area (Å²) in [4.78, 5) is -1.61. The van der Waals surface area contributed by atoms with Crippen molar-refractivity contribution in [1.29, 1.82) is 0 Å². The Morgan fingerprint density at radius 3 is 1.90 bits per heavy atom. The molecule has 0 saturated carbocycles.